The lowest BCUT2D eigenvalue weighted by molar-refractivity contribution is 0.0202. The first-order valence-corrected chi connectivity index (χ1v) is 7.59. The zero-order valence-electron chi connectivity index (χ0n) is 11.9. The first-order valence-electron chi connectivity index (χ1n) is 6.71. The monoisotopic (exact) mass is 279 g/mol. The predicted molar refractivity (Wildman–Crippen MR) is 80.7 cm³/mol. The molecule has 1 N–H and O–H groups in total. The fraction of sp³-hybridized carbons (Fsp3) is 0.571. The van der Waals surface area contributed by atoms with E-state index in [1.807, 2.05) is 5.38 Å². The lowest BCUT2D eigenvalue weighted by atomic mass is 10.1. The maximum atomic E-state index is 5.80. The Morgan fingerprint density at radius 3 is 2.79 bits per heavy atom. The van der Waals surface area contributed by atoms with Crippen LogP contribution < -0.4 is 5.32 Å². The summed E-state index contributed by atoms with van der Waals surface area (Å²) in [7, 11) is 0. The van der Waals surface area contributed by atoms with Crippen LogP contribution in [0.3, 0.4) is 0 Å². The van der Waals surface area contributed by atoms with Crippen LogP contribution in [0.1, 0.15) is 33.5 Å². The third-order valence-corrected chi connectivity index (χ3v) is 3.94. The third kappa shape index (κ3) is 3.42. The Labute approximate surface area is 118 Å². The zero-order valence-corrected chi connectivity index (χ0v) is 12.8. The van der Waals surface area contributed by atoms with E-state index in [0.717, 1.165) is 28.4 Å². The van der Waals surface area contributed by atoms with Crippen LogP contribution in [0.25, 0.3) is 10.2 Å². The van der Waals surface area contributed by atoms with Crippen LogP contribution in [0.5, 0.6) is 0 Å². The Bertz CT molecular complexity index is 538. The van der Waals surface area contributed by atoms with E-state index in [-0.39, 0.29) is 6.10 Å². The van der Waals surface area contributed by atoms with Gasteiger partial charge in [0.2, 0.25) is 0 Å². The van der Waals surface area contributed by atoms with Gasteiger partial charge in [0.25, 0.3) is 0 Å². The number of hydrogen-bond donors (Lipinski definition) is 1. The highest BCUT2D eigenvalue weighted by Gasteiger charge is 2.11. The number of anilines is 1. The molecular formula is C14H21N3OS. The predicted octanol–water partition coefficient (Wildman–Crippen LogP) is 3.68. The molecule has 5 heteroatoms. The second-order valence-corrected chi connectivity index (χ2v) is 5.81. The SMILES string of the molecule is CCNc1nc(COC(C)C(C)C)nc2sccc12. The lowest BCUT2D eigenvalue weighted by Gasteiger charge is -2.16. The smallest absolute Gasteiger partial charge is 0.158 e. The molecule has 0 aliphatic heterocycles. The van der Waals surface area contributed by atoms with E-state index in [9.17, 15) is 0 Å². The molecule has 0 amide bonds. The van der Waals surface area contributed by atoms with E-state index in [2.05, 4.69) is 49.0 Å². The number of rotatable bonds is 6. The third-order valence-electron chi connectivity index (χ3n) is 3.13. The van der Waals surface area contributed by atoms with Gasteiger partial charge < -0.3 is 10.1 Å². The number of aromatic nitrogens is 2. The molecule has 0 spiro atoms. The van der Waals surface area contributed by atoms with Gasteiger partial charge in [0.05, 0.1) is 11.5 Å². The van der Waals surface area contributed by atoms with Crippen molar-refractivity contribution < 1.29 is 4.74 Å². The van der Waals surface area contributed by atoms with Crippen molar-refractivity contribution in [3.63, 3.8) is 0 Å². The Hall–Kier alpha value is -1.20. The van der Waals surface area contributed by atoms with Gasteiger partial charge in [-0.25, -0.2) is 9.97 Å². The van der Waals surface area contributed by atoms with Gasteiger partial charge in [0.1, 0.15) is 17.3 Å². The van der Waals surface area contributed by atoms with Gasteiger partial charge in [-0.15, -0.1) is 11.3 Å². The molecule has 0 aromatic carbocycles. The van der Waals surface area contributed by atoms with Crippen molar-refractivity contribution in [1.29, 1.82) is 0 Å². The van der Waals surface area contributed by atoms with E-state index in [0.29, 0.717) is 12.5 Å². The van der Waals surface area contributed by atoms with Crippen molar-refractivity contribution >= 4 is 27.4 Å². The minimum Gasteiger partial charge on any atom is -0.370 e. The molecule has 0 bridgehead atoms. The van der Waals surface area contributed by atoms with Crippen LogP contribution in [0.2, 0.25) is 0 Å². The van der Waals surface area contributed by atoms with Crippen LogP contribution >= 0.6 is 11.3 Å². The highest BCUT2D eigenvalue weighted by Crippen LogP contribution is 2.25. The van der Waals surface area contributed by atoms with E-state index in [1.165, 1.54) is 0 Å². The fourth-order valence-electron chi connectivity index (χ4n) is 1.66. The molecule has 1 atom stereocenters. The topological polar surface area (TPSA) is 47.0 Å². The number of fused-ring (bicyclic) bond motifs is 1. The molecule has 0 fully saturated rings. The molecule has 1 unspecified atom stereocenters. The van der Waals surface area contributed by atoms with Crippen LogP contribution in [0, 0.1) is 5.92 Å². The molecule has 0 aliphatic rings. The van der Waals surface area contributed by atoms with E-state index in [4.69, 9.17) is 4.74 Å². The standard InChI is InChI=1S/C14H21N3OS/c1-5-15-13-11-6-7-19-14(11)17-12(16-13)8-18-10(4)9(2)3/h6-7,9-10H,5,8H2,1-4H3,(H,15,16,17). The summed E-state index contributed by atoms with van der Waals surface area (Å²) in [6, 6.07) is 2.05. The molecule has 2 aromatic heterocycles. The lowest BCUT2D eigenvalue weighted by Crippen LogP contribution is -2.16. The highest BCUT2D eigenvalue weighted by molar-refractivity contribution is 7.16. The maximum absolute atomic E-state index is 5.80. The molecule has 2 heterocycles. The number of ether oxygens (including phenoxy) is 1. The molecule has 0 radical (unpaired) electrons. The van der Waals surface area contributed by atoms with Gasteiger partial charge in [0.15, 0.2) is 5.82 Å². The fourth-order valence-corrected chi connectivity index (χ4v) is 2.45. The summed E-state index contributed by atoms with van der Waals surface area (Å²) in [5.41, 5.74) is 0. The van der Waals surface area contributed by atoms with Crippen molar-refractivity contribution in [2.24, 2.45) is 5.92 Å². The Kier molecular flexibility index (Phi) is 4.71. The largest absolute Gasteiger partial charge is 0.370 e. The molecule has 4 nitrogen and oxygen atoms in total. The van der Waals surface area contributed by atoms with Crippen molar-refractivity contribution in [1.82, 2.24) is 9.97 Å². The number of nitrogens with zero attached hydrogens (tertiary/aromatic N) is 2. The second-order valence-electron chi connectivity index (χ2n) is 4.92. The van der Waals surface area contributed by atoms with Gasteiger partial charge in [0, 0.05) is 6.54 Å². The first-order chi connectivity index (χ1) is 9.11. The van der Waals surface area contributed by atoms with Crippen LogP contribution in [0.15, 0.2) is 11.4 Å². The van der Waals surface area contributed by atoms with Crippen molar-refractivity contribution in [3.05, 3.63) is 17.3 Å². The quantitative estimate of drug-likeness (QED) is 0.876. The molecule has 0 saturated carbocycles. The summed E-state index contributed by atoms with van der Waals surface area (Å²) >= 11 is 1.64. The molecule has 104 valence electrons. The molecular weight excluding hydrogens is 258 g/mol. The minimum absolute atomic E-state index is 0.213. The Morgan fingerprint density at radius 2 is 2.11 bits per heavy atom. The summed E-state index contributed by atoms with van der Waals surface area (Å²) < 4.78 is 5.80. The summed E-state index contributed by atoms with van der Waals surface area (Å²) in [6.45, 7) is 9.77. The van der Waals surface area contributed by atoms with Gasteiger partial charge in [-0.1, -0.05) is 13.8 Å². The molecule has 19 heavy (non-hydrogen) atoms. The van der Waals surface area contributed by atoms with Crippen molar-refractivity contribution in [2.75, 3.05) is 11.9 Å². The molecule has 0 saturated heterocycles. The van der Waals surface area contributed by atoms with Crippen LogP contribution in [-0.2, 0) is 11.3 Å². The van der Waals surface area contributed by atoms with Gasteiger partial charge in [-0.3, -0.25) is 0 Å². The van der Waals surface area contributed by atoms with Gasteiger partial charge in [-0.2, -0.15) is 0 Å². The normalized spacial score (nSPS) is 13.1. The summed E-state index contributed by atoms with van der Waals surface area (Å²) in [5, 5.41) is 6.42. The first kappa shape index (κ1) is 14.2. The van der Waals surface area contributed by atoms with E-state index in [1.54, 1.807) is 11.3 Å². The van der Waals surface area contributed by atoms with Crippen molar-refractivity contribution in [2.45, 2.75) is 40.4 Å². The average Bonchev–Trinajstić information content (AvgIpc) is 2.84. The van der Waals surface area contributed by atoms with Gasteiger partial charge >= 0.3 is 0 Å². The van der Waals surface area contributed by atoms with Crippen LogP contribution in [-0.4, -0.2) is 22.6 Å². The average molecular weight is 279 g/mol. The number of nitrogens with one attached hydrogen (secondary N) is 1. The number of thiophene rings is 1. The van der Waals surface area contributed by atoms with Gasteiger partial charge in [-0.05, 0) is 31.2 Å². The second kappa shape index (κ2) is 6.30. The summed E-state index contributed by atoms with van der Waals surface area (Å²) in [5.74, 6) is 2.15. The Morgan fingerprint density at radius 1 is 1.32 bits per heavy atom. The van der Waals surface area contributed by atoms with E-state index >= 15 is 0 Å². The van der Waals surface area contributed by atoms with Crippen molar-refractivity contribution in [3.8, 4) is 0 Å². The summed E-state index contributed by atoms with van der Waals surface area (Å²) in [4.78, 5) is 10.1. The minimum atomic E-state index is 0.213. The molecule has 2 rings (SSSR count). The van der Waals surface area contributed by atoms with Crippen LogP contribution in [0.4, 0.5) is 5.82 Å². The zero-order chi connectivity index (χ0) is 13.8. The Balaban J connectivity index is 2.18. The molecule has 2 aromatic rings. The highest BCUT2D eigenvalue weighted by atomic mass is 32.1. The van der Waals surface area contributed by atoms with E-state index < -0.39 is 0 Å². The summed E-state index contributed by atoms with van der Waals surface area (Å²) in [6.07, 6.45) is 0.213. The number of hydrogen-bond acceptors (Lipinski definition) is 5. The molecule has 0 aliphatic carbocycles. The maximum Gasteiger partial charge on any atom is 0.158 e.